The van der Waals surface area contributed by atoms with E-state index in [0.29, 0.717) is 31.3 Å². The number of nitrogens with zero attached hydrogens (tertiary/aromatic N) is 2. The van der Waals surface area contributed by atoms with E-state index in [9.17, 15) is 4.39 Å². The minimum Gasteiger partial charge on any atom is -0.383 e. The minimum absolute atomic E-state index is 0. The third-order valence-electron chi connectivity index (χ3n) is 2.52. The molecule has 20 heavy (non-hydrogen) atoms. The van der Waals surface area contributed by atoms with Crippen LogP contribution in [0.4, 0.5) is 4.39 Å². The molecule has 0 unspecified atom stereocenters. The summed E-state index contributed by atoms with van der Waals surface area (Å²) in [5.74, 6) is 0.805. The fraction of sp³-hybridized carbons (Fsp3) is 0.385. The molecular weight excluding hydrogens is 285 g/mol. The smallest absolute Gasteiger partial charge is 0.240 e. The van der Waals surface area contributed by atoms with Crippen molar-refractivity contribution in [2.45, 2.75) is 13.0 Å². The van der Waals surface area contributed by atoms with E-state index in [-0.39, 0.29) is 18.2 Å². The summed E-state index contributed by atoms with van der Waals surface area (Å²) in [6, 6.07) is 6.37. The Hall–Kier alpha value is -1.50. The first-order valence-corrected chi connectivity index (χ1v) is 6.03. The van der Waals surface area contributed by atoms with Crippen LogP contribution in [0.15, 0.2) is 28.8 Å². The van der Waals surface area contributed by atoms with Crippen molar-refractivity contribution in [1.82, 2.24) is 15.5 Å². The maximum atomic E-state index is 13.0. The second-order valence-corrected chi connectivity index (χ2v) is 4.08. The van der Waals surface area contributed by atoms with Crippen LogP contribution < -0.4 is 5.32 Å². The van der Waals surface area contributed by atoms with Crippen LogP contribution in [0.25, 0.3) is 0 Å². The lowest BCUT2D eigenvalue weighted by molar-refractivity contribution is 0.197. The zero-order chi connectivity index (χ0) is 13.5. The van der Waals surface area contributed by atoms with E-state index in [1.807, 2.05) is 6.07 Å². The van der Waals surface area contributed by atoms with E-state index in [0.717, 1.165) is 12.1 Å². The van der Waals surface area contributed by atoms with Crippen molar-refractivity contribution >= 4 is 12.4 Å². The summed E-state index contributed by atoms with van der Waals surface area (Å²) in [5, 5.41) is 6.97. The fourth-order valence-corrected chi connectivity index (χ4v) is 1.63. The first-order chi connectivity index (χ1) is 9.28. The maximum absolute atomic E-state index is 13.0. The number of hydrogen-bond donors (Lipinski definition) is 1. The predicted molar refractivity (Wildman–Crippen MR) is 74.3 cm³/mol. The topological polar surface area (TPSA) is 60.2 Å². The summed E-state index contributed by atoms with van der Waals surface area (Å²) in [5.41, 5.74) is 0.819. The zero-order valence-electron chi connectivity index (χ0n) is 11.1. The Morgan fingerprint density at radius 2 is 2.25 bits per heavy atom. The van der Waals surface area contributed by atoms with E-state index in [4.69, 9.17) is 9.26 Å². The molecule has 0 amide bonds. The lowest BCUT2D eigenvalue weighted by Gasteiger charge is -1.98. The lowest BCUT2D eigenvalue weighted by Crippen LogP contribution is -2.18. The molecule has 0 fully saturated rings. The summed E-state index contributed by atoms with van der Waals surface area (Å²) < 4.78 is 23.0. The van der Waals surface area contributed by atoms with Gasteiger partial charge in [0.1, 0.15) is 5.82 Å². The average molecular weight is 302 g/mol. The molecule has 0 spiro atoms. The normalized spacial score (nSPS) is 10.3. The molecule has 0 aliphatic carbocycles. The SMILES string of the molecule is COCCNCc1nc(Cc2cccc(F)c2)no1.Cl. The highest BCUT2D eigenvalue weighted by Crippen LogP contribution is 2.08. The summed E-state index contributed by atoms with van der Waals surface area (Å²) in [6.07, 6.45) is 0.458. The molecule has 0 atom stereocenters. The molecule has 0 saturated carbocycles. The van der Waals surface area contributed by atoms with Crippen molar-refractivity contribution in [3.05, 3.63) is 47.4 Å². The highest BCUT2D eigenvalue weighted by Gasteiger charge is 2.07. The molecule has 0 radical (unpaired) electrons. The van der Waals surface area contributed by atoms with Crippen molar-refractivity contribution < 1.29 is 13.7 Å². The first kappa shape index (κ1) is 16.6. The van der Waals surface area contributed by atoms with Crippen LogP contribution in [0.3, 0.4) is 0 Å². The molecule has 2 rings (SSSR count). The third kappa shape index (κ3) is 5.24. The molecule has 5 nitrogen and oxygen atoms in total. The second-order valence-electron chi connectivity index (χ2n) is 4.08. The largest absolute Gasteiger partial charge is 0.383 e. The molecule has 0 aliphatic heterocycles. The van der Waals surface area contributed by atoms with Gasteiger partial charge in [0.2, 0.25) is 5.89 Å². The Bertz CT molecular complexity index is 522. The molecular formula is C13H17ClFN3O2. The molecule has 2 aromatic rings. The minimum atomic E-state index is -0.262. The van der Waals surface area contributed by atoms with Crippen LogP contribution in [-0.4, -0.2) is 30.4 Å². The fourth-order valence-electron chi connectivity index (χ4n) is 1.63. The Kier molecular flexibility index (Phi) is 7.14. The molecule has 1 aromatic carbocycles. The number of nitrogens with one attached hydrogen (secondary N) is 1. The number of hydrogen-bond acceptors (Lipinski definition) is 5. The second kappa shape index (κ2) is 8.63. The average Bonchev–Trinajstić information content (AvgIpc) is 2.82. The van der Waals surface area contributed by atoms with Crippen LogP contribution in [0.1, 0.15) is 17.3 Å². The number of ether oxygens (including phenoxy) is 1. The van der Waals surface area contributed by atoms with Crippen molar-refractivity contribution in [1.29, 1.82) is 0 Å². The third-order valence-corrected chi connectivity index (χ3v) is 2.52. The van der Waals surface area contributed by atoms with Gasteiger partial charge in [0.15, 0.2) is 5.82 Å². The summed E-state index contributed by atoms with van der Waals surface area (Å²) in [4.78, 5) is 4.23. The van der Waals surface area contributed by atoms with Gasteiger partial charge in [0.05, 0.1) is 13.2 Å². The summed E-state index contributed by atoms with van der Waals surface area (Å²) in [7, 11) is 1.64. The standard InChI is InChI=1S/C13H16FN3O2.ClH/c1-18-6-5-15-9-13-16-12(17-19-13)8-10-3-2-4-11(14)7-10;/h2-4,7,15H,5-6,8-9H2,1H3;1H. The molecule has 0 saturated heterocycles. The van der Waals surface area contributed by atoms with Crippen LogP contribution in [0.5, 0.6) is 0 Å². The molecule has 0 aliphatic rings. The number of rotatable bonds is 7. The van der Waals surface area contributed by atoms with Crippen molar-refractivity contribution in [3.8, 4) is 0 Å². The highest BCUT2D eigenvalue weighted by molar-refractivity contribution is 5.85. The molecule has 7 heteroatoms. The van der Waals surface area contributed by atoms with Gasteiger partial charge in [0, 0.05) is 20.1 Å². The molecule has 110 valence electrons. The van der Waals surface area contributed by atoms with Crippen molar-refractivity contribution in [3.63, 3.8) is 0 Å². The number of halogens is 2. The van der Waals surface area contributed by atoms with Gasteiger partial charge in [-0.05, 0) is 17.7 Å². The molecule has 1 N–H and O–H groups in total. The molecule has 1 aromatic heterocycles. The van der Waals surface area contributed by atoms with Gasteiger partial charge < -0.3 is 14.6 Å². The van der Waals surface area contributed by atoms with Gasteiger partial charge >= 0.3 is 0 Å². The maximum Gasteiger partial charge on any atom is 0.240 e. The van der Waals surface area contributed by atoms with Crippen molar-refractivity contribution in [2.24, 2.45) is 0 Å². The van der Waals surface area contributed by atoms with Gasteiger partial charge in [-0.25, -0.2) is 4.39 Å². The highest BCUT2D eigenvalue weighted by atomic mass is 35.5. The van der Waals surface area contributed by atoms with E-state index >= 15 is 0 Å². The van der Waals surface area contributed by atoms with Crippen LogP contribution in [-0.2, 0) is 17.7 Å². The van der Waals surface area contributed by atoms with E-state index in [1.165, 1.54) is 12.1 Å². The van der Waals surface area contributed by atoms with E-state index in [2.05, 4.69) is 15.5 Å². The van der Waals surface area contributed by atoms with E-state index in [1.54, 1.807) is 13.2 Å². The number of benzene rings is 1. The predicted octanol–water partition coefficient (Wildman–Crippen LogP) is 1.96. The van der Waals surface area contributed by atoms with Crippen LogP contribution in [0, 0.1) is 5.82 Å². The summed E-state index contributed by atoms with van der Waals surface area (Å²) >= 11 is 0. The lowest BCUT2D eigenvalue weighted by atomic mass is 10.1. The van der Waals surface area contributed by atoms with Gasteiger partial charge in [-0.15, -0.1) is 12.4 Å². The Labute approximate surface area is 122 Å². The Morgan fingerprint density at radius 1 is 1.40 bits per heavy atom. The van der Waals surface area contributed by atoms with Gasteiger partial charge in [-0.3, -0.25) is 0 Å². The number of methoxy groups -OCH3 is 1. The first-order valence-electron chi connectivity index (χ1n) is 6.03. The van der Waals surface area contributed by atoms with Gasteiger partial charge in [-0.1, -0.05) is 17.3 Å². The summed E-state index contributed by atoms with van der Waals surface area (Å²) in [6.45, 7) is 1.85. The Morgan fingerprint density at radius 3 is 3.00 bits per heavy atom. The van der Waals surface area contributed by atoms with Crippen LogP contribution in [0.2, 0.25) is 0 Å². The zero-order valence-corrected chi connectivity index (χ0v) is 12.0. The number of aromatic nitrogens is 2. The van der Waals surface area contributed by atoms with Gasteiger partial charge in [0.25, 0.3) is 0 Å². The van der Waals surface area contributed by atoms with Crippen LogP contribution >= 0.6 is 12.4 Å². The van der Waals surface area contributed by atoms with Gasteiger partial charge in [-0.2, -0.15) is 4.98 Å². The monoisotopic (exact) mass is 301 g/mol. The molecule has 0 bridgehead atoms. The quantitative estimate of drug-likeness (QED) is 0.792. The van der Waals surface area contributed by atoms with Crippen molar-refractivity contribution in [2.75, 3.05) is 20.3 Å². The molecule has 1 heterocycles. The Balaban J connectivity index is 0.00000200. The van der Waals surface area contributed by atoms with E-state index < -0.39 is 0 Å².